The van der Waals surface area contributed by atoms with E-state index in [1.54, 1.807) is 12.1 Å². The molecule has 0 radical (unpaired) electrons. The third-order valence-corrected chi connectivity index (χ3v) is 6.73. The number of carbonyl (C=O) groups is 1. The topological polar surface area (TPSA) is 88.1 Å². The molecule has 1 saturated heterocycles. The zero-order chi connectivity index (χ0) is 22.4. The summed E-state index contributed by atoms with van der Waals surface area (Å²) in [6.07, 6.45) is 2.12. The van der Waals surface area contributed by atoms with Gasteiger partial charge in [0.1, 0.15) is 5.75 Å². The number of sulfonamides is 1. The second-order valence-electron chi connectivity index (χ2n) is 6.89. The van der Waals surface area contributed by atoms with Crippen molar-refractivity contribution in [3.63, 3.8) is 0 Å². The number of alkyl halides is 2. The predicted octanol–water partition coefficient (Wildman–Crippen LogP) is 3.62. The van der Waals surface area contributed by atoms with Crippen LogP contribution in [-0.4, -0.2) is 44.0 Å². The summed E-state index contributed by atoms with van der Waals surface area (Å²) in [5.41, 5.74) is 3.76. The molecule has 3 rings (SSSR count). The van der Waals surface area contributed by atoms with Crippen molar-refractivity contribution in [2.24, 2.45) is 5.10 Å². The Hall–Kier alpha value is -2.85. The van der Waals surface area contributed by atoms with Crippen molar-refractivity contribution in [3.05, 3.63) is 59.7 Å². The molecule has 0 aromatic heterocycles. The lowest BCUT2D eigenvalue weighted by molar-refractivity contribution is -0.0498. The number of hydrogen-bond donors (Lipinski definition) is 1. The van der Waals surface area contributed by atoms with Gasteiger partial charge in [-0.25, -0.2) is 13.8 Å². The molecule has 1 fully saturated rings. The molecule has 0 atom stereocenters. The highest BCUT2D eigenvalue weighted by atomic mass is 32.2. The Morgan fingerprint density at radius 1 is 1.13 bits per heavy atom. The van der Waals surface area contributed by atoms with E-state index >= 15 is 0 Å². The molecular weight excluding hydrogens is 428 g/mol. The summed E-state index contributed by atoms with van der Waals surface area (Å²) in [6.45, 7) is -0.124. The van der Waals surface area contributed by atoms with Crippen LogP contribution in [-0.2, 0) is 10.0 Å². The monoisotopic (exact) mass is 451 g/mol. The molecule has 0 unspecified atom stereocenters. The molecule has 1 amide bonds. The minimum atomic E-state index is -3.63. The number of benzene rings is 2. The summed E-state index contributed by atoms with van der Waals surface area (Å²) in [6, 6.07) is 11.7. The number of amides is 1. The molecule has 1 heterocycles. The highest BCUT2D eigenvalue weighted by Crippen LogP contribution is 2.21. The Morgan fingerprint density at radius 3 is 2.42 bits per heavy atom. The molecule has 10 heteroatoms. The maximum Gasteiger partial charge on any atom is 0.387 e. The van der Waals surface area contributed by atoms with Crippen LogP contribution in [0.4, 0.5) is 8.78 Å². The highest BCUT2D eigenvalue weighted by molar-refractivity contribution is 7.89. The minimum absolute atomic E-state index is 0.0225. The van der Waals surface area contributed by atoms with Crippen LogP contribution in [0.15, 0.2) is 58.5 Å². The summed E-state index contributed by atoms with van der Waals surface area (Å²) in [7, 11) is -3.63. The van der Waals surface area contributed by atoms with Gasteiger partial charge >= 0.3 is 6.61 Å². The van der Waals surface area contributed by atoms with Crippen LogP contribution in [0, 0.1) is 0 Å². The van der Waals surface area contributed by atoms with Crippen molar-refractivity contribution >= 4 is 21.6 Å². The predicted molar refractivity (Wildman–Crippen MR) is 112 cm³/mol. The number of halogens is 2. The Morgan fingerprint density at radius 2 is 1.81 bits per heavy atom. The molecule has 2 aromatic rings. The van der Waals surface area contributed by atoms with Gasteiger partial charge in [0.05, 0.1) is 10.6 Å². The van der Waals surface area contributed by atoms with Crippen LogP contribution >= 0.6 is 0 Å². The molecule has 1 N–H and O–H groups in total. The molecule has 0 spiro atoms. The van der Waals surface area contributed by atoms with Gasteiger partial charge < -0.3 is 4.74 Å². The average molecular weight is 451 g/mol. The van der Waals surface area contributed by atoms with Crippen molar-refractivity contribution in [2.45, 2.75) is 37.7 Å². The van der Waals surface area contributed by atoms with Gasteiger partial charge in [0.25, 0.3) is 5.91 Å². The summed E-state index contributed by atoms with van der Waals surface area (Å²) in [5.74, 6) is -0.531. The van der Waals surface area contributed by atoms with Gasteiger partial charge in [0.2, 0.25) is 10.0 Å². The Kier molecular flexibility index (Phi) is 7.34. The zero-order valence-corrected chi connectivity index (χ0v) is 17.7. The number of hydrogen-bond acceptors (Lipinski definition) is 5. The van der Waals surface area contributed by atoms with Crippen molar-refractivity contribution in [2.75, 3.05) is 13.1 Å². The lowest BCUT2D eigenvalue weighted by Gasteiger charge is -2.15. The molecule has 0 aliphatic carbocycles. The number of rotatable bonds is 8. The Bertz CT molecular complexity index is 1050. The zero-order valence-electron chi connectivity index (χ0n) is 16.9. The van der Waals surface area contributed by atoms with Crippen LogP contribution in [0.5, 0.6) is 5.75 Å². The van der Waals surface area contributed by atoms with Gasteiger partial charge in [-0.2, -0.15) is 18.2 Å². The van der Waals surface area contributed by atoms with E-state index in [1.807, 2.05) is 6.92 Å². The maximum absolute atomic E-state index is 12.7. The van der Waals surface area contributed by atoms with Crippen LogP contribution < -0.4 is 10.2 Å². The SMILES string of the molecule is CC/C(=N\NC(=O)c1cccc(S(=O)(=O)N2CCCC2)c1)c1ccc(OC(F)F)cc1. The number of nitrogens with zero attached hydrogens (tertiary/aromatic N) is 2. The van der Waals surface area contributed by atoms with E-state index in [1.165, 1.54) is 40.7 Å². The highest BCUT2D eigenvalue weighted by Gasteiger charge is 2.27. The molecule has 2 aromatic carbocycles. The van der Waals surface area contributed by atoms with E-state index in [-0.39, 0.29) is 16.2 Å². The summed E-state index contributed by atoms with van der Waals surface area (Å²) >= 11 is 0. The second kappa shape index (κ2) is 9.97. The molecule has 166 valence electrons. The van der Waals surface area contributed by atoms with Crippen molar-refractivity contribution in [1.29, 1.82) is 0 Å². The molecule has 1 aliphatic heterocycles. The first-order valence-electron chi connectivity index (χ1n) is 9.83. The molecule has 0 saturated carbocycles. The standard InChI is InChI=1S/C21H23F2N3O4S/c1-2-19(15-8-10-17(11-9-15)30-21(22)23)24-25-20(27)16-6-5-7-18(14-16)31(28,29)26-12-3-4-13-26/h5-11,14,21H,2-4,12-13H2,1H3,(H,25,27)/b24-19+. The first-order valence-corrected chi connectivity index (χ1v) is 11.3. The summed E-state index contributed by atoms with van der Waals surface area (Å²) in [5, 5.41) is 4.12. The van der Waals surface area contributed by atoms with Crippen molar-refractivity contribution in [3.8, 4) is 5.75 Å². The first-order chi connectivity index (χ1) is 14.8. The average Bonchev–Trinajstić information content (AvgIpc) is 3.31. The number of ether oxygens (including phenoxy) is 1. The lowest BCUT2D eigenvalue weighted by Crippen LogP contribution is -2.28. The molecule has 1 aliphatic rings. The minimum Gasteiger partial charge on any atom is -0.435 e. The Labute approximate surface area is 179 Å². The van der Waals surface area contributed by atoms with Gasteiger partial charge in [0.15, 0.2) is 0 Å². The fourth-order valence-electron chi connectivity index (χ4n) is 3.23. The van der Waals surface area contributed by atoms with Gasteiger partial charge in [-0.3, -0.25) is 4.79 Å². The van der Waals surface area contributed by atoms with Crippen LogP contribution in [0.3, 0.4) is 0 Å². The maximum atomic E-state index is 12.7. The molecular formula is C21H23F2N3O4S. The van der Waals surface area contributed by atoms with Gasteiger partial charge in [-0.1, -0.05) is 13.0 Å². The molecule has 7 nitrogen and oxygen atoms in total. The van der Waals surface area contributed by atoms with Crippen molar-refractivity contribution in [1.82, 2.24) is 9.73 Å². The van der Waals surface area contributed by atoms with E-state index in [2.05, 4.69) is 15.3 Å². The quantitative estimate of drug-likeness (QED) is 0.491. The lowest BCUT2D eigenvalue weighted by atomic mass is 10.1. The van der Waals surface area contributed by atoms with E-state index in [4.69, 9.17) is 0 Å². The van der Waals surface area contributed by atoms with E-state index in [0.717, 1.165) is 12.8 Å². The third kappa shape index (κ3) is 5.65. The Balaban J connectivity index is 1.73. The van der Waals surface area contributed by atoms with Gasteiger partial charge in [0, 0.05) is 18.7 Å². The summed E-state index contributed by atoms with van der Waals surface area (Å²) in [4.78, 5) is 12.6. The fourth-order valence-corrected chi connectivity index (χ4v) is 4.80. The van der Waals surface area contributed by atoms with Crippen LogP contribution in [0.1, 0.15) is 42.1 Å². The van der Waals surface area contributed by atoms with E-state index < -0.39 is 22.5 Å². The molecule has 31 heavy (non-hydrogen) atoms. The smallest absolute Gasteiger partial charge is 0.387 e. The normalized spacial score (nSPS) is 15.3. The van der Waals surface area contributed by atoms with Crippen molar-refractivity contribution < 1.29 is 26.7 Å². The molecule has 0 bridgehead atoms. The van der Waals surface area contributed by atoms with Gasteiger partial charge in [-0.15, -0.1) is 0 Å². The van der Waals surface area contributed by atoms with E-state index in [9.17, 15) is 22.0 Å². The third-order valence-electron chi connectivity index (χ3n) is 4.84. The number of hydrazone groups is 1. The number of carbonyl (C=O) groups excluding carboxylic acids is 1. The first kappa shape index (κ1) is 22.8. The van der Waals surface area contributed by atoms with E-state index in [0.29, 0.717) is 30.8 Å². The van der Waals surface area contributed by atoms with Gasteiger partial charge in [-0.05, 0) is 67.3 Å². The van der Waals surface area contributed by atoms with Crippen LogP contribution in [0.25, 0.3) is 0 Å². The second-order valence-corrected chi connectivity index (χ2v) is 8.83. The largest absolute Gasteiger partial charge is 0.435 e. The fraction of sp³-hybridized carbons (Fsp3) is 0.333. The summed E-state index contributed by atoms with van der Waals surface area (Å²) < 4.78 is 55.7. The number of nitrogens with one attached hydrogen (secondary N) is 1. The van der Waals surface area contributed by atoms with Crippen LogP contribution in [0.2, 0.25) is 0 Å².